The monoisotopic (exact) mass is 317 g/mol. The lowest BCUT2D eigenvalue weighted by Gasteiger charge is -2.17. The second kappa shape index (κ2) is 7.85. The van der Waals surface area contributed by atoms with Crippen molar-refractivity contribution in [1.29, 1.82) is 0 Å². The molecule has 0 bridgehead atoms. The zero-order valence-corrected chi connectivity index (χ0v) is 13.6. The molecule has 0 fully saturated rings. The smallest absolute Gasteiger partial charge is 0.261 e. The molecule has 0 spiro atoms. The summed E-state index contributed by atoms with van der Waals surface area (Å²) < 4.78 is 5.77. The summed E-state index contributed by atoms with van der Waals surface area (Å²) in [7, 11) is 0. The summed E-state index contributed by atoms with van der Waals surface area (Å²) in [5.41, 5.74) is 1.98. The molecule has 1 unspecified atom stereocenters. The normalized spacial score (nSPS) is 11.8. The Morgan fingerprint density at radius 1 is 1.14 bits per heavy atom. The molecule has 1 N–H and O–H groups in total. The van der Waals surface area contributed by atoms with Gasteiger partial charge in [-0.1, -0.05) is 54.9 Å². The third-order valence-electron chi connectivity index (χ3n) is 3.44. The third kappa shape index (κ3) is 4.25. The summed E-state index contributed by atoms with van der Waals surface area (Å²) in [6.45, 7) is 4.19. The maximum atomic E-state index is 12.2. The number of hydrogen-bond donors (Lipinski definition) is 1. The fourth-order valence-electron chi connectivity index (χ4n) is 2.12. The molecule has 3 nitrogen and oxygen atoms in total. The Hall–Kier alpha value is -2.00. The lowest BCUT2D eigenvalue weighted by atomic mass is 10.1. The molecule has 0 aliphatic carbocycles. The van der Waals surface area contributed by atoms with Crippen LogP contribution in [0.2, 0.25) is 5.02 Å². The standard InChI is InChI=1S/C18H20ClNO2/c1-3-14-8-5-7-11-17(14)22-13(2)18(21)20-12-15-9-4-6-10-16(15)19/h4-11,13H,3,12H2,1-2H3,(H,20,21). The first-order valence-electron chi connectivity index (χ1n) is 7.37. The van der Waals surface area contributed by atoms with Crippen LogP contribution in [-0.4, -0.2) is 12.0 Å². The number of carbonyl (C=O) groups excluding carboxylic acids is 1. The van der Waals surface area contributed by atoms with Crippen molar-refractivity contribution in [1.82, 2.24) is 5.32 Å². The van der Waals surface area contributed by atoms with Gasteiger partial charge in [0.2, 0.25) is 0 Å². The number of ether oxygens (including phenoxy) is 1. The second-order valence-corrected chi connectivity index (χ2v) is 5.44. The van der Waals surface area contributed by atoms with Gasteiger partial charge in [-0.25, -0.2) is 0 Å². The van der Waals surface area contributed by atoms with Crippen molar-refractivity contribution in [3.05, 3.63) is 64.7 Å². The SMILES string of the molecule is CCc1ccccc1OC(C)C(=O)NCc1ccccc1Cl. The van der Waals surface area contributed by atoms with E-state index < -0.39 is 6.10 Å². The lowest BCUT2D eigenvalue weighted by Crippen LogP contribution is -2.36. The minimum absolute atomic E-state index is 0.161. The molecular formula is C18H20ClNO2. The minimum Gasteiger partial charge on any atom is -0.481 e. The van der Waals surface area contributed by atoms with E-state index in [0.717, 1.165) is 23.3 Å². The fourth-order valence-corrected chi connectivity index (χ4v) is 2.33. The number of halogens is 1. The lowest BCUT2D eigenvalue weighted by molar-refractivity contribution is -0.127. The van der Waals surface area contributed by atoms with Gasteiger partial charge in [0.15, 0.2) is 6.10 Å². The largest absolute Gasteiger partial charge is 0.481 e. The number of rotatable bonds is 6. The van der Waals surface area contributed by atoms with Crippen molar-refractivity contribution in [3.8, 4) is 5.75 Å². The first kappa shape index (κ1) is 16.4. The van der Waals surface area contributed by atoms with E-state index in [1.54, 1.807) is 13.0 Å². The van der Waals surface area contributed by atoms with Crippen LogP contribution in [0.4, 0.5) is 0 Å². The molecule has 1 amide bonds. The Balaban J connectivity index is 1.94. The van der Waals surface area contributed by atoms with Crippen molar-refractivity contribution < 1.29 is 9.53 Å². The molecule has 0 aliphatic rings. The van der Waals surface area contributed by atoms with Gasteiger partial charge in [-0.15, -0.1) is 0 Å². The number of aryl methyl sites for hydroxylation is 1. The maximum Gasteiger partial charge on any atom is 0.261 e. The van der Waals surface area contributed by atoms with Gasteiger partial charge in [0.05, 0.1) is 0 Å². The van der Waals surface area contributed by atoms with Gasteiger partial charge >= 0.3 is 0 Å². The number of benzene rings is 2. The molecule has 0 heterocycles. The number of hydrogen-bond acceptors (Lipinski definition) is 2. The van der Waals surface area contributed by atoms with E-state index in [-0.39, 0.29) is 5.91 Å². The van der Waals surface area contributed by atoms with Crippen molar-refractivity contribution in [2.45, 2.75) is 32.9 Å². The number of para-hydroxylation sites is 1. The molecule has 1 atom stereocenters. The quantitative estimate of drug-likeness (QED) is 0.875. The molecule has 22 heavy (non-hydrogen) atoms. The van der Waals surface area contributed by atoms with E-state index in [4.69, 9.17) is 16.3 Å². The van der Waals surface area contributed by atoms with Crippen molar-refractivity contribution in [2.75, 3.05) is 0 Å². The summed E-state index contributed by atoms with van der Waals surface area (Å²) in [6.07, 6.45) is 0.305. The minimum atomic E-state index is -0.560. The molecule has 0 aromatic heterocycles. The molecular weight excluding hydrogens is 298 g/mol. The molecule has 2 aromatic carbocycles. The summed E-state index contributed by atoms with van der Waals surface area (Å²) in [6, 6.07) is 15.2. The van der Waals surface area contributed by atoms with E-state index in [1.807, 2.05) is 42.5 Å². The Kier molecular flexibility index (Phi) is 5.84. The number of amides is 1. The van der Waals surface area contributed by atoms with Gasteiger partial charge in [-0.3, -0.25) is 4.79 Å². The molecule has 4 heteroatoms. The van der Waals surface area contributed by atoms with Gasteiger partial charge in [0.1, 0.15) is 5.75 Å². The topological polar surface area (TPSA) is 38.3 Å². The maximum absolute atomic E-state index is 12.2. The zero-order chi connectivity index (χ0) is 15.9. The van der Waals surface area contributed by atoms with Crippen LogP contribution in [0.5, 0.6) is 5.75 Å². The molecule has 0 saturated carbocycles. The second-order valence-electron chi connectivity index (χ2n) is 5.03. The van der Waals surface area contributed by atoms with Crippen LogP contribution in [0.1, 0.15) is 25.0 Å². The first-order chi connectivity index (χ1) is 10.6. The fraction of sp³-hybridized carbons (Fsp3) is 0.278. The summed E-state index contributed by atoms with van der Waals surface area (Å²) in [5, 5.41) is 3.49. The van der Waals surface area contributed by atoms with Crippen LogP contribution in [0.25, 0.3) is 0 Å². The van der Waals surface area contributed by atoms with Gasteiger partial charge in [-0.05, 0) is 36.6 Å². The van der Waals surface area contributed by atoms with Crippen LogP contribution in [0, 0.1) is 0 Å². The van der Waals surface area contributed by atoms with E-state index in [2.05, 4.69) is 12.2 Å². The van der Waals surface area contributed by atoms with Crippen molar-refractivity contribution >= 4 is 17.5 Å². The summed E-state index contributed by atoms with van der Waals surface area (Å²) in [5.74, 6) is 0.594. The van der Waals surface area contributed by atoms with Crippen LogP contribution >= 0.6 is 11.6 Å². The van der Waals surface area contributed by atoms with Crippen LogP contribution in [0.3, 0.4) is 0 Å². The van der Waals surface area contributed by atoms with Gasteiger partial charge in [-0.2, -0.15) is 0 Å². The first-order valence-corrected chi connectivity index (χ1v) is 7.75. The van der Waals surface area contributed by atoms with Crippen LogP contribution in [0.15, 0.2) is 48.5 Å². The van der Waals surface area contributed by atoms with Gasteiger partial charge < -0.3 is 10.1 Å². The summed E-state index contributed by atoms with van der Waals surface area (Å²) >= 11 is 6.07. The van der Waals surface area contributed by atoms with E-state index in [0.29, 0.717) is 11.6 Å². The molecule has 0 saturated heterocycles. The Morgan fingerprint density at radius 2 is 1.77 bits per heavy atom. The highest BCUT2D eigenvalue weighted by Gasteiger charge is 2.15. The molecule has 116 valence electrons. The van der Waals surface area contributed by atoms with E-state index in [1.165, 1.54) is 0 Å². The number of carbonyl (C=O) groups is 1. The van der Waals surface area contributed by atoms with E-state index in [9.17, 15) is 4.79 Å². The molecule has 0 aliphatic heterocycles. The van der Waals surface area contributed by atoms with Crippen LogP contribution < -0.4 is 10.1 Å². The summed E-state index contributed by atoms with van der Waals surface area (Å²) in [4.78, 5) is 12.2. The Bertz CT molecular complexity index is 642. The van der Waals surface area contributed by atoms with Gasteiger partial charge in [0, 0.05) is 11.6 Å². The van der Waals surface area contributed by atoms with Crippen molar-refractivity contribution in [3.63, 3.8) is 0 Å². The molecule has 2 rings (SSSR count). The predicted molar refractivity (Wildman–Crippen MR) is 89.2 cm³/mol. The molecule has 2 aromatic rings. The Labute approximate surface area is 136 Å². The highest BCUT2D eigenvalue weighted by molar-refractivity contribution is 6.31. The van der Waals surface area contributed by atoms with E-state index >= 15 is 0 Å². The van der Waals surface area contributed by atoms with Crippen molar-refractivity contribution in [2.24, 2.45) is 0 Å². The zero-order valence-electron chi connectivity index (χ0n) is 12.8. The average molecular weight is 318 g/mol. The Morgan fingerprint density at radius 3 is 2.45 bits per heavy atom. The average Bonchev–Trinajstić information content (AvgIpc) is 2.54. The number of nitrogens with one attached hydrogen (secondary N) is 1. The van der Waals surface area contributed by atoms with Crippen LogP contribution in [-0.2, 0) is 17.8 Å². The third-order valence-corrected chi connectivity index (χ3v) is 3.81. The highest BCUT2D eigenvalue weighted by Crippen LogP contribution is 2.20. The predicted octanol–water partition coefficient (Wildman–Crippen LogP) is 3.99. The molecule has 0 radical (unpaired) electrons. The van der Waals surface area contributed by atoms with Gasteiger partial charge in [0.25, 0.3) is 5.91 Å². The highest BCUT2D eigenvalue weighted by atomic mass is 35.5.